The Morgan fingerprint density at radius 3 is 2.56 bits per heavy atom. The number of nitrogens with one attached hydrogen (secondary N) is 1. The fraction of sp³-hybridized carbons (Fsp3) is 0.632. The molecule has 1 saturated carbocycles. The monoisotopic (exact) mass is 354 g/mol. The normalized spacial score (nSPS) is 25.0. The third-order valence-corrected chi connectivity index (χ3v) is 5.27. The van der Waals surface area contributed by atoms with E-state index in [1.165, 1.54) is 12.1 Å². The summed E-state index contributed by atoms with van der Waals surface area (Å²) in [5.41, 5.74) is -0.351. The number of benzene rings is 1. The van der Waals surface area contributed by atoms with Crippen LogP contribution in [0.1, 0.15) is 49.7 Å². The quantitative estimate of drug-likeness (QED) is 0.872. The van der Waals surface area contributed by atoms with E-state index in [4.69, 9.17) is 0 Å². The van der Waals surface area contributed by atoms with Gasteiger partial charge in [0.15, 0.2) is 0 Å². The SMILES string of the molecule is CCCN1CCC(NC(=O)C2CC2c2ccccc2C(F)(F)F)CC1. The number of carbonyl (C=O) groups is 1. The standard InChI is InChI=1S/C19H25F3N2O/c1-2-9-24-10-7-13(8-11-24)23-18(25)16-12-15(16)14-5-3-4-6-17(14)19(20,21)22/h3-6,13,15-16H,2,7-12H2,1H3,(H,23,25). The molecule has 25 heavy (non-hydrogen) atoms. The molecule has 1 aromatic rings. The van der Waals surface area contributed by atoms with Crippen molar-refractivity contribution in [2.45, 2.75) is 50.7 Å². The van der Waals surface area contributed by atoms with Crippen molar-refractivity contribution in [3.63, 3.8) is 0 Å². The fourth-order valence-electron chi connectivity index (χ4n) is 3.83. The zero-order valence-corrected chi connectivity index (χ0v) is 14.5. The van der Waals surface area contributed by atoms with Crippen LogP contribution in [0.2, 0.25) is 0 Å². The highest BCUT2D eigenvalue weighted by molar-refractivity contribution is 5.83. The topological polar surface area (TPSA) is 32.3 Å². The van der Waals surface area contributed by atoms with E-state index in [2.05, 4.69) is 17.1 Å². The summed E-state index contributed by atoms with van der Waals surface area (Å²) in [6.07, 6.45) is -0.899. The van der Waals surface area contributed by atoms with Crippen LogP contribution in [0, 0.1) is 5.92 Å². The molecule has 1 heterocycles. The molecule has 2 atom stereocenters. The van der Waals surface area contributed by atoms with Gasteiger partial charge in [-0.05, 0) is 49.8 Å². The number of nitrogens with zero attached hydrogens (tertiary/aromatic N) is 1. The minimum atomic E-state index is -4.37. The highest BCUT2D eigenvalue weighted by Crippen LogP contribution is 2.51. The smallest absolute Gasteiger partial charge is 0.353 e. The maximum absolute atomic E-state index is 13.1. The van der Waals surface area contributed by atoms with Crippen LogP contribution in [-0.2, 0) is 11.0 Å². The molecule has 0 aromatic heterocycles. The van der Waals surface area contributed by atoms with E-state index in [0.29, 0.717) is 6.42 Å². The molecule has 0 bridgehead atoms. The van der Waals surface area contributed by atoms with Crippen LogP contribution in [0.3, 0.4) is 0 Å². The number of hydrogen-bond donors (Lipinski definition) is 1. The molecule has 0 spiro atoms. The zero-order chi connectivity index (χ0) is 18.0. The lowest BCUT2D eigenvalue weighted by atomic mass is 10.0. The lowest BCUT2D eigenvalue weighted by Gasteiger charge is -2.32. The number of hydrogen-bond acceptors (Lipinski definition) is 2. The molecule has 2 fully saturated rings. The minimum Gasteiger partial charge on any atom is -0.353 e. The molecule has 0 radical (unpaired) electrons. The van der Waals surface area contributed by atoms with E-state index in [-0.39, 0.29) is 29.3 Å². The molecule has 3 rings (SSSR count). The largest absolute Gasteiger partial charge is 0.416 e. The Morgan fingerprint density at radius 2 is 1.92 bits per heavy atom. The molecule has 1 aliphatic heterocycles. The van der Waals surface area contributed by atoms with E-state index in [9.17, 15) is 18.0 Å². The molecule has 1 amide bonds. The van der Waals surface area contributed by atoms with Crippen LogP contribution in [0.5, 0.6) is 0 Å². The Labute approximate surface area is 146 Å². The van der Waals surface area contributed by atoms with Crippen LogP contribution in [-0.4, -0.2) is 36.5 Å². The predicted octanol–water partition coefficient (Wildman–Crippen LogP) is 3.80. The average molecular weight is 354 g/mol. The Morgan fingerprint density at radius 1 is 1.24 bits per heavy atom. The summed E-state index contributed by atoms with van der Waals surface area (Å²) in [6.45, 7) is 5.19. The van der Waals surface area contributed by atoms with Crippen molar-refractivity contribution in [2.75, 3.05) is 19.6 Å². The van der Waals surface area contributed by atoms with E-state index in [0.717, 1.165) is 45.0 Å². The number of halogens is 3. The summed E-state index contributed by atoms with van der Waals surface area (Å²) < 4.78 is 39.4. The Hall–Kier alpha value is -1.56. The average Bonchev–Trinajstić information content (AvgIpc) is 3.37. The van der Waals surface area contributed by atoms with Crippen molar-refractivity contribution in [3.05, 3.63) is 35.4 Å². The molecule has 3 nitrogen and oxygen atoms in total. The number of rotatable bonds is 5. The highest BCUT2D eigenvalue weighted by atomic mass is 19.4. The highest BCUT2D eigenvalue weighted by Gasteiger charge is 2.48. The number of piperidine rings is 1. The number of carbonyl (C=O) groups excluding carboxylic acids is 1. The fourth-order valence-corrected chi connectivity index (χ4v) is 3.83. The maximum Gasteiger partial charge on any atom is 0.416 e. The molecule has 2 unspecified atom stereocenters. The second-order valence-electron chi connectivity index (χ2n) is 7.16. The molecular weight excluding hydrogens is 329 g/mol. The van der Waals surface area contributed by atoms with Crippen molar-refractivity contribution in [1.29, 1.82) is 0 Å². The molecule has 1 saturated heterocycles. The van der Waals surface area contributed by atoms with Gasteiger partial charge in [-0.15, -0.1) is 0 Å². The molecular formula is C19H25F3N2O. The van der Waals surface area contributed by atoms with Crippen LogP contribution < -0.4 is 5.32 Å². The summed E-state index contributed by atoms with van der Waals surface area (Å²) in [5.74, 6) is -0.717. The van der Waals surface area contributed by atoms with Gasteiger partial charge in [0.1, 0.15) is 0 Å². The summed E-state index contributed by atoms with van der Waals surface area (Å²) in [7, 11) is 0. The van der Waals surface area contributed by atoms with Crippen LogP contribution in [0.4, 0.5) is 13.2 Å². The summed E-state index contributed by atoms with van der Waals surface area (Å²) in [5, 5.41) is 3.05. The Kier molecular flexibility index (Phi) is 5.37. The molecule has 6 heteroatoms. The van der Waals surface area contributed by atoms with Gasteiger partial charge < -0.3 is 10.2 Å². The molecule has 2 aliphatic rings. The van der Waals surface area contributed by atoms with Crippen LogP contribution in [0.15, 0.2) is 24.3 Å². The molecule has 138 valence electrons. The number of amides is 1. The summed E-state index contributed by atoms with van der Waals surface area (Å²) in [4.78, 5) is 14.8. The van der Waals surface area contributed by atoms with Crippen molar-refractivity contribution in [1.82, 2.24) is 10.2 Å². The molecule has 1 N–H and O–H groups in total. The van der Waals surface area contributed by atoms with Gasteiger partial charge in [-0.2, -0.15) is 13.2 Å². The lowest BCUT2D eigenvalue weighted by Crippen LogP contribution is -2.45. The van der Waals surface area contributed by atoms with Gasteiger partial charge in [-0.25, -0.2) is 0 Å². The van der Waals surface area contributed by atoms with Crippen molar-refractivity contribution < 1.29 is 18.0 Å². The first-order chi connectivity index (χ1) is 11.9. The zero-order valence-electron chi connectivity index (χ0n) is 14.5. The number of likely N-dealkylation sites (tertiary alicyclic amines) is 1. The van der Waals surface area contributed by atoms with Gasteiger partial charge in [-0.3, -0.25) is 4.79 Å². The van der Waals surface area contributed by atoms with E-state index < -0.39 is 11.7 Å². The van der Waals surface area contributed by atoms with Crippen LogP contribution >= 0.6 is 0 Å². The summed E-state index contributed by atoms with van der Waals surface area (Å²) in [6, 6.07) is 5.77. The van der Waals surface area contributed by atoms with Gasteiger partial charge in [0.25, 0.3) is 0 Å². The van der Waals surface area contributed by atoms with Gasteiger partial charge in [-0.1, -0.05) is 25.1 Å². The summed E-state index contributed by atoms with van der Waals surface area (Å²) >= 11 is 0. The number of alkyl halides is 3. The van der Waals surface area contributed by atoms with E-state index in [1.807, 2.05) is 0 Å². The third kappa shape index (κ3) is 4.35. The third-order valence-electron chi connectivity index (χ3n) is 5.27. The van der Waals surface area contributed by atoms with Crippen LogP contribution in [0.25, 0.3) is 0 Å². The molecule has 1 aliphatic carbocycles. The first-order valence-corrected chi connectivity index (χ1v) is 9.09. The van der Waals surface area contributed by atoms with Gasteiger partial charge >= 0.3 is 6.18 Å². The minimum absolute atomic E-state index is 0.0871. The van der Waals surface area contributed by atoms with Gasteiger partial charge in [0, 0.05) is 25.0 Å². The van der Waals surface area contributed by atoms with E-state index >= 15 is 0 Å². The van der Waals surface area contributed by atoms with Crippen molar-refractivity contribution >= 4 is 5.91 Å². The predicted molar refractivity (Wildman–Crippen MR) is 90.2 cm³/mol. The molecule has 1 aromatic carbocycles. The van der Waals surface area contributed by atoms with Gasteiger partial charge in [0.05, 0.1) is 5.56 Å². The maximum atomic E-state index is 13.1. The van der Waals surface area contributed by atoms with E-state index in [1.54, 1.807) is 6.07 Å². The first kappa shape index (κ1) is 18.2. The van der Waals surface area contributed by atoms with Crippen molar-refractivity contribution in [3.8, 4) is 0 Å². The first-order valence-electron chi connectivity index (χ1n) is 9.09. The Bertz CT molecular complexity index is 609. The second kappa shape index (κ2) is 7.36. The lowest BCUT2D eigenvalue weighted by molar-refractivity contribution is -0.138. The Balaban J connectivity index is 1.55. The van der Waals surface area contributed by atoms with Crippen molar-refractivity contribution in [2.24, 2.45) is 5.92 Å². The van der Waals surface area contributed by atoms with Gasteiger partial charge in [0.2, 0.25) is 5.91 Å². The second-order valence-corrected chi connectivity index (χ2v) is 7.16.